The summed E-state index contributed by atoms with van der Waals surface area (Å²) in [5.74, 6) is 0. The molecule has 0 fully saturated rings. The van der Waals surface area contributed by atoms with Crippen LogP contribution in [0.1, 0.15) is 0 Å². The standard InChI is InChI=1S/C27H16N3.Pt/c1-2-13-22-18(9-1)19-10-5-8-16-25(19)30-27(22)26(17-28-30)29-23-14-6-3-11-20(23)21-12-4-7-15-24(21)29;/h1-15,17H;/q-1;. The van der Waals surface area contributed by atoms with Crippen LogP contribution in [0.4, 0.5) is 0 Å². The molecule has 7 rings (SSSR count). The van der Waals surface area contributed by atoms with Crippen LogP contribution in [0, 0.1) is 6.07 Å². The fourth-order valence-electron chi connectivity index (χ4n) is 4.85. The first kappa shape index (κ1) is 18.4. The maximum absolute atomic E-state index is 4.83. The molecule has 3 heterocycles. The van der Waals surface area contributed by atoms with Crippen LogP contribution >= 0.6 is 0 Å². The minimum atomic E-state index is 0. The SMILES string of the molecule is [Pt].[c-]1cccc2c3ccccc3c3c(-n4c5ccccc5c5ccccc54)cnn3c12. The summed E-state index contributed by atoms with van der Waals surface area (Å²) in [5, 5.41) is 10.9. The Bertz CT molecular complexity index is 1700. The fraction of sp³-hybridized carbons (Fsp3) is 0. The minimum absolute atomic E-state index is 0. The van der Waals surface area contributed by atoms with E-state index >= 15 is 0 Å². The first-order chi connectivity index (χ1) is 14.9. The normalized spacial score (nSPS) is 11.6. The van der Waals surface area contributed by atoms with Gasteiger partial charge in [0, 0.05) is 31.8 Å². The van der Waals surface area contributed by atoms with Crippen LogP contribution in [0.25, 0.3) is 54.7 Å². The molecule has 0 N–H and O–H groups in total. The molecule has 0 aliphatic carbocycles. The Morgan fingerprint density at radius 1 is 0.613 bits per heavy atom. The van der Waals surface area contributed by atoms with Crippen LogP contribution < -0.4 is 0 Å². The predicted octanol–water partition coefficient (Wildman–Crippen LogP) is 6.54. The first-order valence-corrected chi connectivity index (χ1v) is 10.1. The third kappa shape index (κ3) is 2.41. The number of aromatic nitrogens is 3. The van der Waals surface area contributed by atoms with E-state index in [0.29, 0.717) is 0 Å². The number of benzene rings is 4. The molecule has 0 spiro atoms. The number of nitrogens with zero attached hydrogens (tertiary/aromatic N) is 3. The second-order valence-corrected chi connectivity index (χ2v) is 7.64. The Balaban J connectivity index is 0.00000185. The van der Waals surface area contributed by atoms with Gasteiger partial charge in [-0.15, -0.1) is 5.39 Å². The van der Waals surface area contributed by atoms with Gasteiger partial charge in [-0.25, -0.2) is 0 Å². The number of hydrogen-bond donors (Lipinski definition) is 0. The van der Waals surface area contributed by atoms with Crippen molar-refractivity contribution in [1.82, 2.24) is 14.2 Å². The van der Waals surface area contributed by atoms with Crippen molar-refractivity contribution in [2.24, 2.45) is 0 Å². The summed E-state index contributed by atoms with van der Waals surface area (Å²) >= 11 is 0. The molecule has 0 bridgehead atoms. The number of para-hydroxylation sites is 3. The average Bonchev–Trinajstić information content (AvgIpc) is 3.39. The third-order valence-corrected chi connectivity index (χ3v) is 6.09. The smallest absolute Gasteiger partial charge is 0.0952 e. The maximum Gasteiger partial charge on any atom is 0.0952 e. The molecular weight excluding hydrogens is 561 g/mol. The van der Waals surface area contributed by atoms with Gasteiger partial charge in [-0.3, -0.25) is 4.52 Å². The van der Waals surface area contributed by atoms with Gasteiger partial charge in [-0.2, -0.15) is 29.4 Å². The van der Waals surface area contributed by atoms with Gasteiger partial charge >= 0.3 is 0 Å². The van der Waals surface area contributed by atoms with E-state index in [0.717, 1.165) is 22.1 Å². The van der Waals surface area contributed by atoms with Gasteiger partial charge in [0.2, 0.25) is 0 Å². The molecule has 0 saturated carbocycles. The molecule has 3 nitrogen and oxygen atoms in total. The Morgan fingerprint density at radius 3 is 1.90 bits per heavy atom. The molecule has 4 heteroatoms. The van der Waals surface area contributed by atoms with Crippen molar-refractivity contribution in [3.8, 4) is 5.69 Å². The molecule has 0 atom stereocenters. The van der Waals surface area contributed by atoms with E-state index in [-0.39, 0.29) is 21.1 Å². The Kier molecular flexibility index (Phi) is 4.02. The molecule has 0 amide bonds. The molecule has 4 aromatic carbocycles. The first-order valence-electron chi connectivity index (χ1n) is 10.1. The van der Waals surface area contributed by atoms with Crippen LogP contribution in [0.3, 0.4) is 0 Å². The molecule has 3 aromatic heterocycles. The van der Waals surface area contributed by atoms with Gasteiger partial charge in [0.05, 0.1) is 28.4 Å². The van der Waals surface area contributed by atoms with Crippen molar-refractivity contribution >= 4 is 49.0 Å². The Morgan fingerprint density at radius 2 is 1.19 bits per heavy atom. The summed E-state index contributed by atoms with van der Waals surface area (Å²) in [4.78, 5) is 0. The van der Waals surface area contributed by atoms with Gasteiger partial charge < -0.3 is 4.57 Å². The van der Waals surface area contributed by atoms with Crippen LogP contribution in [0.5, 0.6) is 0 Å². The van der Waals surface area contributed by atoms with Crippen molar-refractivity contribution in [2.45, 2.75) is 0 Å². The summed E-state index contributed by atoms with van der Waals surface area (Å²) in [5.41, 5.74) is 5.57. The molecule has 0 unspecified atom stereocenters. The van der Waals surface area contributed by atoms with E-state index in [1.807, 2.05) is 22.8 Å². The van der Waals surface area contributed by atoms with Crippen molar-refractivity contribution in [1.29, 1.82) is 0 Å². The summed E-state index contributed by atoms with van der Waals surface area (Å²) in [6, 6.07) is 35.3. The predicted molar refractivity (Wildman–Crippen MR) is 123 cm³/mol. The van der Waals surface area contributed by atoms with Gasteiger partial charge in [-0.05, 0) is 23.0 Å². The van der Waals surface area contributed by atoms with E-state index < -0.39 is 0 Å². The van der Waals surface area contributed by atoms with Crippen molar-refractivity contribution in [3.63, 3.8) is 0 Å². The van der Waals surface area contributed by atoms with E-state index in [9.17, 15) is 0 Å². The van der Waals surface area contributed by atoms with Crippen LogP contribution in [0.2, 0.25) is 0 Å². The third-order valence-electron chi connectivity index (χ3n) is 6.09. The van der Waals surface area contributed by atoms with Crippen LogP contribution in [-0.4, -0.2) is 14.2 Å². The molecule has 150 valence electrons. The van der Waals surface area contributed by atoms with Crippen molar-refractivity contribution < 1.29 is 21.1 Å². The van der Waals surface area contributed by atoms with Crippen LogP contribution in [0.15, 0.2) is 97.2 Å². The van der Waals surface area contributed by atoms with E-state index in [2.05, 4.69) is 89.5 Å². The fourth-order valence-corrected chi connectivity index (χ4v) is 4.85. The second-order valence-electron chi connectivity index (χ2n) is 7.64. The molecule has 31 heavy (non-hydrogen) atoms. The average molecular weight is 578 g/mol. The quantitative estimate of drug-likeness (QED) is 0.161. The van der Waals surface area contributed by atoms with Crippen molar-refractivity contribution in [2.75, 3.05) is 0 Å². The number of pyridine rings is 1. The topological polar surface area (TPSA) is 22.2 Å². The summed E-state index contributed by atoms with van der Waals surface area (Å²) in [7, 11) is 0. The minimum Gasteiger partial charge on any atom is -0.306 e. The van der Waals surface area contributed by atoms with Gasteiger partial charge in [0.15, 0.2) is 0 Å². The molecule has 0 saturated heterocycles. The molecule has 7 aromatic rings. The van der Waals surface area contributed by atoms with Gasteiger partial charge in [0.25, 0.3) is 0 Å². The van der Waals surface area contributed by atoms with Gasteiger partial charge in [0.1, 0.15) is 0 Å². The zero-order valence-electron chi connectivity index (χ0n) is 16.4. The number of fused-ring (bicyclic) bond motifs is 9. The second kappa shape index (κ2) is 6.80. The maximum atomic E-state index is 4.83. The van der Waals surface area contributed by atoms with Crippen LogP contribution in [-0.2, 0) is 21.1 Å². The molecule has 0 aliphatic heterocycles. The zero-order chi connectivity index (χ0) is 19.7. The van der Waals surface area contributed by atoms with E-state index in [4.69, 9.17) is 5.10 Å². The van der Waals surface area contributed by atoms with Crippen molar-refractivity contribution in [3.05, 3.63) is 103 Å². The molecule has 0 radical (unpaired) electrons. The number of hydrogen-bond acceptors (Lipinski definition) is 1. The number of rotatable bonds is 1. The zero-order valence-corrected chi connectivity index (χ0v) is 18.7. The Hall–Kier alpha value is -3.42. The summed E-state index contributed by atoms with van der Waals surface area (Å²) in [6.45, 7) is 0. The summed E-state index contributed by atoms with van der Waals surface area (Å²) in [6.07, 6.45) is 1.99. The molecular formula is C27H16N3Pt-. The van der Waals surface area contributed by atoms with Gasteiger partial charge in [-0.1, -0.05) is 66.0 Å². The summed E-state index contributed by atoms with van der Waals surface area (Å²) < 4.78 is 4.38. The van der Waals surface area contributed by atoms with E-state index in [1.54, 1.807) is 0 Å². The monoisotopic (exact) mass is 577 g/mol. The largest absolute Gasteiger partial charge is 0.306 e. The molecule has 0 aliphatic rings. The van der Waals surface area contributed by atoms with E-state index in [1.165, 1.54) is 32.6 Å². The Labute approximate surface area is 192 Å².